The van der Waals surface area contributed by atoms with E-state index in [0.717, 1.165) is 58.3 Å². The van der Waals surface area contributed by atoms with Crippen molar-refractivity contribution in [1.82, 2.24) is 9.80 Å². The second-order valence-corrected chi connectivity index (χ2v) is 8.74. The van der Waals surface area contributed by atoms with Crippen LogP contribution in [0.5, 0.6) is 0 Å². The van der Waals surface area contributed by atoms with Crippen LogP contribution in [-0.4, -0.2) is 73.2 Å². The molecule has 3 fully saturated rings. The lowest BCUT2D eigenvalue weighted by Crippen LogP contribution is -3.12. The predicted octanol–water partition coefficient (Wildman–Crippen LogP) is 1.20. The first-order chi connectivity index (χ1) is 13.5. The lowest BCUT2D eigenvalue weighted by atomic mass is 9.89. The highest BCUT2D eigenvalue weighted by Gasteiger charge is 2.53. The number of halogens is 1. The van der Waals surface area contributed by atoms with E-state index >= 15 is 0 Å². The van der Waals surface area contributed by atoms with Crippen LogP contribution in [0.4, 0.5) is 0 Å². The van der Waals surface area contributed by atoms with Crippen LogP contribution in [0, 0.1) is 0 Å². The first-order valence-corrected chi connectivity index (χ1v) is 10.7. The van der Waals surface area contributed by atoms with Gasteiger partial charge in [-0.15, -0.1) is 0 Å². The molecule has 1 N–H and O–H groups in total. The van der Waals surface area contributed by atoms with Crippen LogP contribution in [0.3, 0.4) is 0 Å². The molecule has 1 saturated carbocycles. The third-order valence-electron chi connectivity index (χ3n) is 6.40. The van der Waals surface area contributed by atoms with Crippen molar-refractivity contribution in [3.05, 3.63) is 34.9 Å². The molecule has 2 heterocycles. The minimum Gasteiger partial charge on any atom is -0.353 e. The average Bonchev–Trinajstić information content (AvgIpc) is 3.06. The van der Waals surface area contributed by atoms with Gasteiger partial charge in [-0.3, -0.25) is 14.5 Å². The third kappa shape index (κ3) is 3.65. The molecule has 2 amide bonds. The standard InChI is InChI=1S/C21H28ClN3O3/c1-23-10-12-24(13-11-23)20(27)18-15-28-21(8-3-2-4-9-21)25(18)19(26)16-6-5-7-17(22)14-16/h5-7,14,18H,2-4,8-13,15H2,1H3/p+1/t18-/m1/s1. The molecule has 2 aliphatic heterocycles. The summed E-state index contributed by atoms with van der Waals surface area (Å²) in [5.41, 5.74) is -0.140. The summed E-state index contributed by atoms with van der Waals surface area (Å²) in [6.07, 6.45) is 4.74. The van der Waals surface area contributed by atoms with Gasteiger partial charge in [0, 0.05) is 10.6 Å². The fraction of sp³-hybridized carbons (Fsp3) is 0.619. The van der Waals surface area contributed by atoms with E-state index in [2.05, 4.69) is 7.05 Å². The van der Waals surface area contributed by atoms with Crippen LogP contribution >= 0.6 is 11.6 Å². The van der Waals surface area contributed by atoms with Crippen molar-refractivity contribution in [3.8, 4) is 0 Å². The van der Waals surface area contributed by atoms with Crippen LogP contribution < -0.4 is 4.90 Å². The Balaban J connectivity index is 1.63. The highest BCUT2D eigenvalue weighted by atomic mass is 35.5. The molecule has 0 unspecified atom stereocenters. The lowest BCUT2D eigenvalue weighted by Gasteiger charge is -2.42. The molecule has 4 rings (SSSR count). The van der Waals surface area contributed by atoms with E-state index in [1.54, 1.807) is 29.2 Å². The molecule has 0 radical (unpaired) electrons. The van der Waals surface area contributed by atoms with E-state index in [9.17, 15) is 9.59 Å². The Morgan fingerprint density at radius 1 is 1.18 bits per heavy atom. The molecule has 3 aliphatic rings. The Kier molecular flexibility index (Phi) is 5.63. The van der Waals surface area contributed by atoms with Crippen LogP contribution in [0.15, 0.2) is 24.3 Å². The molecule has 1 aliphatic carbocycles. The quantitative estimate of drug-likeness (QED) is 0.803. The number of rotatable bonds is 2. The fourth-order valence-corrected chi connectivity index (χ4v) is 4.93. The molecule has 7 heteroatoms. The van der Waals surface area contributed by atoms with Gasteiger partial charge in [0.2, 0.25) is 5.91 Å². The van der Waals surface area contributed by atoms with Gasteiger partial charge in [0.05, 0.1) is 39.8 Å². The van der Waals surface area contributed by atoms with E-state index in [4.69, 9.17) is 16.3 Å². The number of quaternary nitrogens is 1. The number of piperazine rings is 1. The number of likely N-dealkylation sites (N-methyl/N-ethyl adjacent to an activating group) is 1. The monoisotopic (exact) mass is 406 g/mol. The zero-order chi connectivity index (χ0) is 19.7. The third-order valence-corrected chi connectivity index (χ3v) is 6.63. The van der Waals surface area contributed by atoms with E-state index in [0.29, 0.717) is 10.6 Å². The van der Waals surface area contributed by atoms with Gasteiger partial charge in [0.15, 0.2) is 0 Å². The Morgan fingerprint density at radius 3 is 2.57 bits per heavy atom. The highest BCUT2D eigenvalue weighted by Crippen LogP contribution is 2.41. The van der Waals surface area contributed by atoms with E-state index < -0.39 is 11.8 Å². The second kappa shape index (κ2) is 8.01. The highest BCUT2D eigenvalue weighted by molar-refractivity contribution is 6.31. The van der Waals surface area contributed by atoms with Crippen molar-refractivity contribution in [2.45, 2.75) is 43.9 Å². The summed E-state index contributed by atoms with van der Waals surface area (Å²) in [5.74, 6) is -0.134. The van der Waals surface area contributed by atoms with Crippen molar-refractivity contribution in [2.24, 2.45) is 0 Å². The maximum atomic E-state index is 13.5. The van der Waals surface area contributed by atoms with Gasteiger partial charge in [-0.2, -0.15) is 0 Å². The predicted molar refractivity (Wildman–Crippen MR) is 106 cm³/mol. The lowest BCUT2D eigenvalue weighted by molar-refractivity contribution is -0.883. The summed E-state index contributed by atoms with van der Waals surface area (Å²) >= 11 is 6.13. The zero-order valence-corrected chi connectivity index (χ0v) is 17.2. The van der Waals surface area contributed by atoms with Crippen LogP contribution in [0.2, 0.25) is 5.02 Å². The largest absolute Gasteiger partial charge is 0.353 e. The van der Waals surface area contributed by atoms with E-state index in [1.807, 2.05) is 4.90 Å². The molecular weight excluding hydrogens is 378 g/mol. The van der Waals surface area contributed by atoms with Gasteiger partial charge in [0.25, 0.3) is 5.91 Å². The number of benzene rings is 1. The van der Waals surface area contributed by atoms with Gasteiger partial charge < -0.3 is 14.5 Å². The maximum absolute atomic E-state index is 13.5. The topological polar surface area (TPSA) is 54.3 Å². The first kappa shape index (κ1) is 19.7. The molecule has 152 valence electrons. The van der Waals surface area contributed by atoms with Gasteiger partial charge in [-0.05, 0) is 43.9 Å². The average molecular weight is 407 g/mol. The van der Waals surface area contributed by atoms with Crippen LogP contribution in [-0.2, 0) is 9.53 Å². The van der Waals surface area contributed by atoms with E-state index in [1.165, 1.54) is 4.90 Å². The fourth-order valence-electron chi connectivity index (χ4n) is 4.74. The van der Waals surface area contributed by atoms with Crippen molar-refractivity contribution in [2.75, 3.05) is 39.8 Å². The number of ether oxygens (including phenoxy) is 1. The number of amides is 2. The van der Waals surface area contributed by atoms with Gasteiger partial charge in [-0.25, -0.2) is 0 Å². The van der Waals surface area contributed by atoms with E-state index in [-0.39, 0.29) is 18.4 Å². The molecular formula is C21H29ClN3O3+. The Labute approximate surface area is 171 Å². The number of hydrogen-bond donors (Lipinski definition) is 1. The van der Waals surface area contributed by atoms with Crippen molar-refractivity contribution < 1.29 is 19.2 Å². The molecule has 2 saturated heterocycles. The minimum absolute atomic E-state index is 0.0188. The smallest absolute Gasteiger partial charge is 0.256 e. The normalized spacial score (nSPS) is 25.3. The summed E-state index contributed by atoms with van der Waals surface area (Å²) < 4.78 is 6.23. The number of hydrogen-bond acceptors (Lipinski definition) is 3. The Hall–Kier alpha value is -1.63. The molecule has 28 heavy (non-hydrogen) atoms. The van der Waals surface area contributed by atoms with Gasteiger partial charge in [0.1, 0.15) is 11.8 Å². The summed E-state index contributed by atoms with van der Waals surface area (Å²) in [7, 11) is 2.15. The molecule has 1 aromatic rings. The number of carbonyl (C=O) groups excluding carboxylic acids is 2. The molecule has 0 bridgehead atoms. The summed E-state index contributed by atoms with van der Waals surface area (Å²) in [5, 5.41) is 0.522. The second-order valence-electron chi connectivity index (χ2n) is 8.30. The number of carbonyl (C=O) groups is 2. The van der Waals surface area contributed by atoms with Gasteiger partial charge in [-0.1, -0.05) is 24.1 Å². The maximum Gasteiger partial charge on any atom is 0.256 e. The molecule has 1 atom stereocenters. The Morgan fingerprint density at radius 2 is 1.89 bits per heavy atom. The molecule has 0 aromatic heterocycles. The summed E-state index contributed by atoms with van der Waals surface area (Å²) in [6, 6.07) is 6.43. The minimum atomic E-state index is -0.657. The molecule has 1 spiro atoms. The molecule has 1 aromatic carbocycles. The first-order valence-electron chi connectivity index (χ1n) is 10.3. The summed E-state index contributed by atoms with van der Waals surface area (Å²) in [6.45, 7) is 3.62. The summed E-state index contributed by atoms with van der Waals surface area (Å²) in [4.78, 5) is 32.0. The van der Waals surface area contributed by atoms with Crippen molar-refractivity contribution in [3.63, 3.8) is 0 Å². The van der Waals surface area contributed by atoms with Gasteiger partial charge >= 0.3 is 0 Å². The van der Waals surface area contributed by atoms with Crippen LogP contribution in [0.1, 0.15) is 42.5 Å². The molecule has 6 nitrogen and oxygen atoms in total. The SMILES string of the molecule is C[NH+]1CCN(C(=O)[C@H]2COC3(CCCCC3)N2C(=O)c2cccc(Cl)c2)CC1. The number of nitrogens with one attached hydrogen (secondary N) is 1. The van der Waals surface area contributed by atoms with Crippen molar-refractivity contribution in [1.29, 1.82) is 0 Å². The van der Waals surface area contributed by atoms with Crippen LogP contribution in [0.25, 0.3) is 0 Å². The number of nitrogens with zero attached hydrogens (tertiary/aromatic N) is 2. The van der Waals surface area contributed by atoms with Crippen molar-refractivity contribution >= 4 is 23.4 Å². The zero-order valence-electron chi connectivity index (χ0n) is 16.5. The Bertz CT molecular complexity index is 742.